The standard InChI is InChI=1S/C13H19ClN4O/c1-15-11-5-4-10(14)12(16-11)13(19)18-7-6-9(8-18)17(2)3/h4-5,9H,6-8H2,1-3H3,(H,15,16). The van der Waals surface area contributed by atoms with Gasteiger partial charge in [0.2, 0.25) is 0 Å². The summed E-state index contributed by atoms with van der Waals surface area (Å²) in [5, 5.41) is 3.32. The lowest BCUT2D eigenvalue weighted by atomic mass is 10.2. The van der Waals surface area contributed by atoms with E-state index in [4.69, 9.17) is 11.6 Å². The third-order valence-electron chi connectivity index (χ3n) is 3.49. The number of hydrogen-bond donors (Lipinski definition) is 1. The van der Waals surface area contributed by atoms with Gasteiger partial charge in [-0.1, -0.05) is 11.6 Å². The second-order valence-electron chi connectivity index (χ2n) is 4.93. The molecule has 0 aromatic carbocycles. The van der Waals surface area contributed by atoms with Gasteiger partial charge in [0.15, 0.2) is 0 Å². The quantitative estimate of drug-likeness (QED) is 0.914. The van der Waals surface area contributed by atoms with Crippen LogP contribution in [-0.2, 0) is 0 Å². The molecule has 0 saturated carbocycles. The molecule has 1 N–H and O–H groups in total. The molecule has 6 heteroatoms. The first-order valence-corrected chi connectivity index (χ1v) is 6.70. The average molecular weight is 283 g/mol. The fraction of sp³-hybridized carbons (Fsp3) is 0.538. The third-order valence-corrected chi connectivity index (χ3v) is 3.79. The molecule has 5 nitrogen and oxygen atoms in total. The van der Waals surface area contributed by atoms with E-state index in [1.807, 2.05) is 19.0 Å². The van der Waals surface area contributed by atoms with Crippen LogP contribution in [0.2, 0.25) is 5.02 Å². The van der Waals surface area contributed by atoms with Gasteiger partial charge in [-0.2, -0.15) is 0 Å². The van der Waals surface area contributed by atoms with Crippen molar-refractivity contribution in [2.45, 2.75) is 12.5 Å². The number of hydrogen-bond acceptors (Lipinski definition) is 4. The van der Waals surface area contributed by atoms with E-state index in [0.717, 1.165) is 19.5 Å². The normalized spacial score (nSPS) is 19.0. The molecule has 1 aliphatic heterocycles. The molecule has 0 radical (unpaired) electrons. The van der Waals surface area contributed by atoms with E-state index < -0.39 is 0 Å². The average Bonchev–Trinajstić information content (AvgIpc) is 2.88. The molecule has 2 rings (SSSR count). The molecule has 1 fully saturated rings. The SMILES string of the molecule is CNc1ccc(Cl)c(C(=O)N2CCC(N(C)C)C2)n1. The van der Waals surface area contributed by atoms with Gasteiger partial charge in [-0.15, -0.1) is 0 Å². The summed E-state index contributed by atoms with van der Waals surface area (Å²) >= 11 is 6.08. The van der Waals surface area contributed by atoms with Crippen molar-refractivity contribution >= 4 is 23.3 Å². The van der Waals surface area contributed by atoms with Crippen molar-refractivity contribution in [2.75, 3.05) is 39.5 Å². The zero-order valence-electron chi connectivity index (χ0n) is 11.5. The Balaban J connectivity index is 2.16. The highest BCUT2D eigenvalue weighted by Gasteiger charge is 2.29. The van der Waals surface area contributed by atoms with Crippen LogP contribution in [-0.4, -0.2) is 61.0 Å². The fourth-order valence-electron chi connectivity index (χ4n) is 2.23. The minimum atomic E-state index is -0.0912. The summed E-state index contributed by atoms with van der Waals surface area (Å²) in [7, 11) is 5.83. The Morgan fingerprint density at radius 2 is 2.26 bits per heavy atom. The van der Waals surface area contributed by atoms with Gasteiger partial charge < -0.3 is 15.1 Å². The highest BCUT2D eigenvalue weighted by molar-refractivity contribution is 6.33. The Labute approximate surface area is 118 Å². The van der Waals surface area contributed by atoms with Crippen molar-refractivity contribution in [1.29, 1.82) is 0 Å². The molecule has 1 unspecified atom stereocenters. The predicted molar refractivity (Wildman–Crippen MR) is 76.8 cm³/mol. The smallest absolute Gasteiger partial charge is 0.274 e. The van der Waals surface area contributed by atoms with Gasteiger partial charge in [-0.05, 0) is 32.6 Å². The second kappa shape index (κ2) is 5.75. The molecular weight excluding hydrogens is 264 g/mol. The molecule has 1 saturated heterocycles. The molecule has 0 aliphatic carbocycles. The monoisotopic (exact) mass is 282 g/mol. The van der Waals surface area contributed by atoms with Crippen LogP contribution < -0.4 is 5.32 Å². The maximum absolute atomic E-state index is 12.4. The van der Waals surface area contributed by atoms with Crippen molar-refractivity contribution in [1.82, 2.24) is 14.8 Å². The Hall–Kier alpha value is -1.33. The molecule has 104 valence electrons. The molecule has 0 spiro atoms. The Bertz CT molecular complexity index is 478. The molecule has 1 aromatic rings. The Morgan fingerprint density at radius 1 is 1.53 bits per heavy atom. The van der Waals surface area contributed by atoms with Gasteiger partial charge in [0.25, 0.3) is 5.91 Å². The van der Waals surface area contributed by atoms with E-state index in [9.17, 15) is 4.79 Å². The highest BCUT2D eigenvalue weighted by atomic mass is 35.5. The summed E-state index contributed by atoms with van der Waals surface area (Å²) < 4.78 is 0. The molecule has 1 aromatic heterocycles. The highest BCUT2D eigenvalue weighted by Crippen LogP contribution is 2.21. The van der Waals surface area contributed by atoms with Gasteiger partial charge in [-0.3, -0.25) is 4.79 Å². The minimum absolute atomic E-state index is 0.0912. The number of pyridine rings is 1. The second-order valence-corrected chi connectivity index (χ2v) is 5.34. The van der Waals surface area contributed by atoms with Gasteiger partial charge in [0.05, 0.1) is 5.02 Å². The number of rotatable bonds is 3. The van der Waals surface area contributed by atoms with Crippen LogP contribution in [0.5, 0.6) is 0 Å². The van der Waals surface area contributed by atoms with E-state index in [1.54, 1.807) is 19.2 Å². The van der Waals surface area contributed by atoms with E-state index in [1.165, 1.54) is 0 Å². The summed E-state index contributed by atoms with van der Waals surface area (Å²) in [6.45, 7) is 1.48. The molecule has 0 bridgehead atoms. The van der Waals surface area contributed by atoms with Crippen LogP contribution in [0.3, 0.4) is 0 Å². The molecular formula is C13H19ClN4O. The first-order chi connectivity index (χ1) is 9.02. The zero-order chi connectivity index (χ0) is 14.0. The van der Waals surface area contributed by atoms with Crippen molar-refractivity contribution in [3.8, 4) is 0 Å². The van der Waals surface area contributed by atoms with Crippen molar-refractivity contribution in [2.24, 2.45) is 0 Å². The number of nitrogens with one attached hydrogen (secondary N) is 1. The summed E-state index contributed by atoms with van der Waals surface area (Å²) in [5.41, 5.74) is 0.327. The maximum Gasteiger partial charge on any atom is 0.274 e. The fourth-order valence-corrected chi connectivity index (χ4v) is 2.42. The van der Waals surface area contributed by atoms with Crippen LogP contribution in [0.15, 0.2) is 12.1 Å². The van der Waals surface area contributed by atoms with E-state index >= 15 is 0 Å². The largest absolute Gasteiger partial charge is 0.373 e. The number of carbonyl (C=O) groups excluding carboxylic acids is 1. The molecule has 19 heavy (non-hydrogen) atoms. The van der Waals surface area contributed by atoms with Crippen LogP contribution in [0, 0.1) is 0 Å². The van der Waals surface area contributed by atoms with E-state index in [0.29, 0.717) is 22.6 Å². The first kappa shape index (κ1) is 14.1. The minimum Gasteiger partial charge on any atom is -0.373 e. The van der Waals surface area contributed by atoms with Crippen LogP contribution in [0.25, 0.3) is 0 Å². The van der Waals surface area contributed by atoms with Gasteiger partial charge in [0, 0.05) is 26.2 Å². The lowest BCUT2D eigenvalue weighted by molar-refractivity contribution is 0.0777. The van der Waals surface area contributed by atoms with Gasteiger partial charge >= 0.3 is 0 Å². The topological polar surface area (TPSA) is 48.5 Å². The number of halogens is 1. The number of aromatic nitrogens is 1. The first-order valence-electron chi connectivity index (χ1n) is 6.33. The number of likely N-dealkylation sites (N-methyl/N-ethyl adjacent to an activating group) is 1. The number of carbonyl (C=O) groups is 1. The number of nitrogens with zero attached hydrogens (tertiary/aromatic N) is 3. The maximum atomic E-state index is 12.4. The van der Waals surface area contributed by atoms with Crippen molar-refractivity contribution < 1.29 is 4.79 Å². The van der Waals surface area contributed by atoms with Crippen molar-refractivity contribution in [3.05, 3.63) is 22.8 Å². The van der Waals surface area contributed by atoms with Crippen molar-refractivity contribution in [3.63, 3.8) is 0 Å². The molecule has 1 aliphatic rings. The van der Waals surface area contributed by atoms with E-state index in [2.05, 4.69) is 15.2 Å². The molecule has 2 heterocycles. The summed E-state index contributed by atoms with van der Waals surface area (Å²) in [4.78, 5) is 20.7. The molecule has 1 atom stereocenters. The number of amides is 1. The van der Waals surface area contributed by atoms with E-state index in [-0.39, 0.29) is 5.91 Å². The zero-order valence-corrected chi connectivity index (χ0v) is 12.2. The summed E-state index contributed by atoms with van der Waals surface area (Å²) in [5.74, 6) is 0.558. The summed E-state index contributed by atoms with van der Waals surface area (Å²) in [6, 6.07) is 3.87. The third kappa shape index (κ3) is 2.98. The lowest BCUT2D eigenvalue weighted by Gasteiger charge is -2.20. The Morgan fingerprint density at radius 3 is 2.84 bits per heavy atom. The Kier molecular flexibility index (Phi) is 4.27. The summed E-state index contributed by atoms with van der Waals surface area (Å²) in [6.07, 6.45) is 0.988. The van der Waals surface area contributed by atoms with Gasteiger partial charge in [-0.25, -0.2) is 4.98 Å². The van der Waals surface area contributed by atoms with Gasteiger partial charge in [0.1, 0.15) is 11.5 Å². The number of anilines is 1. The van der Waals surface area contributed by atoms with Crippen LogP contribution >= 0.6 is 11.6 Å². The van der Waals surface area contributed by atoms with Crippen LogP contribution in [0.1, 0.15) is 16.9 Å². The number of likely N-dealkylation sites (tertiary alicyclic amines) is 1. The predicted octanol–water partition coefficient (Wildman–Crippen LogP) is 1.55. The van der Waals surface area contributed by atoms with Crippen LogP contribution in [0.4, 0.5) is 5.82 Å². The lowest BCUT2D eigenvalue weighted by Crippen LogP contribution is -2.35. The molecule has 1 amide bonds.